The molecule has 1 unspecified atom stereocenters. The van der Waals surface area contributed by atoms with Gasteiger partial charge < -0.3 is 5.32 Å². The van der Waals surface area contributed by atoms with E-state index in [1.54, 1.807) is 4.57 Å². The summed E-state index contributed by atoms with van der Waals surface area (Å²) in [5, 5.41) is 12.5. The molecule has 0 saturated heterocycles. The first-order valence-corrected chi connectivity index (χ1v) is 12.8. The van der Waals surface area contributed by atoms with Gasteiger partial charge >= 0.3 is 0 Å². The zero-order valence-corrected chi connectivity index (χ0v) is 21.2. The van der Waals surface area contributed by atoms with E-state index in [4.69, 9.17) is 0 Å². The molecule has 3 aromatic carbocycles. The summed E-state index contributed by atoms with van der Waals surface area (Å²) in [6.07, 6.45) is 0.786. The highest BCUT2D eigenvalue weighted by atomic mass is 32.2. The third kappa shape index (κ3) is 4.40. The molecule has 1 N–H and O–H groups in total. The fourth-order valence-corrected chi connectivity index (χ4v) is 5.35. The van der Waals surface area contributed by atoms with E-state index < -0.39 is 5.25 Å². The van der Waals surface area contributed by atoms with Crippen molar-refractivity contribution >= 4 is 40.0 Å². The number of aromatic nitrogens is 4. The minimum Gasteiger partial charge on any atom is -0.325 e. The van der Waals surface area contributed by atoms with Gasteiger partial charge in [-0.3, -0.25) is 18.6 Å². The van der Waals surface area contributed by atoms with Gasteiger partial charge in [-0.05, 0) is 55.2 Å². The number of carbonyl (C=O) groups excluding carboxylic acids is 1. The monoisotopic (exact) mass is 497 g/mol. The van der Waals surface area contributed by atoms with E-state index in [2.05, 4.69) is 15.5 Å². The lowest BCUT2D eigenvalue weighted by Crippen LogP contribution is -2.23. The maximum Gasteiger partial charge on any atom is 0.262 e. The summed E-state index contributed by atoms with van der Waals surface area (Å²) in [5.74, 6) is 0.327. The number of anilines is 1. The van der Waals surface area contributed by atoms with E-state index in [1.165, 1.54) is 11.8 Å². The molecule has 0 saturated carbocycles. The van der Waals surface area contributed by atoms with E-state index in [0.717, 1.165) is 34.3 Å². The Bertz CT molecular complexity index is 1620. The topological polar surface area (TPSA) is 81.3 Å². The maximum absolute atomic E-state index is 13.7. The van der Waals surface area contributed by atoms with Crippen LogP contribution in [0.15, 0.2) is 82.7 Å². The van der Waals surface area contributed by atoms with Crippen molar-refractivity contribution in [3.05, 3.63) is 99.8 Å². The molecule has 0 radical (unpaired) electrons. The molecule has 0 fully saturated rings. The zero-order valence-electron chi connectivity index (χ0n) is 20.4. The fourth-order valence-electron chi connectivity index (χ4n) is 4.31. The van der Waals surface area contributed by atoms with E-state index in [-0.39, 0.29) is 11.5 Å². The number of carbonyl (C=O) groups is 1. The molecule has 0 aliphatic heterocycles. The van der Waals surface area contributed by atoms with Crippen molar-refractivity contribution in [2.75, 3.05) is 5.32 Å². The van der Waals surface area contributed by atoms with Gasteiger partial charge in [0.2, 0.25) is 11.7 Å². The minimum atomic E-state index is -0.580. The predicted molar refractivity (Wildman–Crippen MR) is 145 cm³/mol. The number of nitrogens with one attached hydrogen (secondary N) is 1. The van der Waals surface area contributed by atoms with Crippen LogP contribution in [0.2, 0.25) is 0 Å². The third-order valence-electron chi connectivity index (χ3n) is 6.14. The molecule has 2 heterocycles. The molecule has 7 nitrogen and oxygen atoms in total. The lowest BCUT2D eigenvalue weighted by atomic mass is 10.1. The Hall–Kier alpha value is -3.91. The van der Waals surface area contributed by atoms with Crippen LogP contribution < -0.4 is 10.9 Å². The molecule has 8 heteroatoms. The number of fused-ring (bicyclic) bond motifs is 3. The molecule has 0 bridgehead atoms. The first-order chi connectivity index (χ1) is 17.5. The third-order valence-corrected chi connectivity index (χ3v) is 7.34. The first-order valence-electron chi connectivity index (χ1n) is 11.9. The Balaban J connectivity index is 1.62. The summed E-state index contributed by atoms with van der Waals surface area (Å²) in [7, 11) is 0. The Morgan fingerprint density at radius 3 is 2.53 bits per heavy atom. The SMILES string of the molecule is CCCn1c(=O)c2ccccc2n2c(SC(C(=O)Nc3cc(C)ccc3C)c3ccccc3)nnc12. The van der Waals surface area contributed by atoms with Crippen molar-refractivity contribution in [2.45, 2.75) is 44.1 Å². The van der Waals surface area contributed by atoms with Crippen LogP contribution in [0, 0.1) is 13.8 Å². The van der Waals surface area contributed by atoms with Crippen molar-refractivity contribution in [3.8, 4) is 0 Å². The maximum atomic E-state index is 13.7. The molecule has 182 valence electrons. The molecule has 36 heavy (non-hydrogen) atoms. The second kappa shape index (κ2) is 9.99. The van der Waals surface area contributed by atoms with Crippen molar-refractivity contribution in [3.63, 3.8) is 0 Å². The number of benzene rings is 3. The summed E-state index contributed by atoms with van der Waals surface area (Å²) < 4.78 is 3.55. The van der Waals surface area contributed by atoms with Gasteiger partial charge in [-0.1, -0.05) is 73.3 Å². The van der Waals surface area contributed by atoms with Crippen molar-refractivity contribution in [1.82, 2.24) is 19.2 Å². The number of para-hydroxylation sites is 1. The minimum absolute atomic E-state index is 0.0869. The summed E-state index contributed by atoms with van der Waals surface area (Å²) in [6.45, 7) is 6.53. The molecule has 5 aromatic rings. The molecular weight excluding hydrogens is 470 g/mol. The summed E-state index contributed by atoms with van der Waals surface area (Å²) >= 11 is 1.32. The molecule has 1 atom stereocenters. The second-order valence-corrected chi connectivity index (χ2v) is 9.88. The van der Waals surface area contributed by atoms with Gasteiger partial charge in [0, 0.05) is 12.2 Å². The van der Waals surface area contributed by atoms with Crippen LogP contribution >= 0.6 is 11.8 Å². The van der Waals surface area contributed by atoms with Crippen LogP contribution in [0.5, 0.6) is 0 Å². The van der Waals surface area contributed by atoms with Gasteiger partial charge in [-0.2, -0.15) is 0 Å². The van der Waals surface area contributed by atoms with E-state index >= 15 is 0 Å². The highest BCUT2D eigenvalue weighted by Crippen LogP contribution is 2.36. The van der Waals surface area contributed by atoms with Gasteiger partial charge in [0.1, 0.15) is 5.25 Å². The lowest BCUT2D eigenvalue weighted by molar-refractivity contribution is -0.115. The van der Waals surface area contributed by atoms with Crippen molar-refractivity contribution in [1.29, 1.82) is 0 Å². The average molecular weight is 498 g/mol. The molecule has 0 aliphatic carbocycles. The number of amides is 1. The summed E-state index contributed by atoms with van der Waals surface area (Å²) in [5.41, 5.74) is 4.34. The van der Waals surface area contributed by atoms with Crippen molar-refractivity contribution in [2.24, 2.45) is 0 Å². The quantitative estimate of drug-likeness (QED) is 0.299. The molecule has 0 aliphatic rings. The molecule has 5 rings (SSSR count). The number of rotatable bonds is 7. The molecule has 1 amide bonds. The standard InChI is InChI=1S/C28H27N5O2S/c1-4-16-32-26(35)21-12-8-9-13-23(21)33-27(32)30-31-28(33)36-24(20-10-6-5-7-11-20)25(34)29-22-17-18(2)14-15-19(22)3/h5-15,17,24H,4,16H2,1-3H3,(H,29,34). The Morgan fingerprint density at radius 1 is 1.00 bits per heavy atom. The smallest absolute Gasteiger partial charge is 0.262 e. The highest BCUT2D eigenvalue weighted by Gasteiger charge is 2.26. The van der Waals surface area contributed by atoms with Gasteiger partial charge in [0.15, 0.2) is 5.16 Å². The van der Waals surface area contributed by atoms with Crippen LogP contribution in [0.1, 0.15) is 35.3 Å². The predicted octanol–water partition coefficient (Wildman–Crippen LogP) is 5.54. The Labute approximate surface area is 213 Å². The van der Waals surface area contributed by atoms with Gasteiger partial charge in [0.05, 0.1) is 10.9 Å². The molecular formula is C28H27N5O2S. The van der Waals surface area contributed by atoms with E-state index in [0.29, 0.717) is 22.9 Å². The Morgan fingerprint density at radius 2 is 1.75 bits per heavy atom. The fraction of sp³-hybridized carbons (Fsp3) is 0.214. The second-order valence-electron chi connectivity index (χ2n) is 8.81. The zero-order chi connectivity index (χ0) is 25.2. The molecule has 0 spiro atoms. The average Bonchev–Trinajstić information content (AvgIpc) is 3.31. The summed E-state index contributed by atoms with van der Waals surface area (Å²) in [6, 6.07) is 23.1. The molecule has 2 aromatic heterocycles. The number of thioether (sulfide) groups is 1. The largest absolute Gasteiger partial charge is 0.325 e. The lowest BCUT2D eigenvalue weighted by Gasteiger charge is -2.18. The number of hydrogen-bond donors (Lipinski definition) is 1. The van der Waals surface area contributed by atoms with Crippen LogP contribution in [-0.4, -0.2) is 25.1 Å². The van der Waals surface area contributed by atoms with Crippen LogP contribution in [0.3, 0.4) is 0 Å². The van der Waals surface area contributed by atoms with Gasteiger partial charge in [-0.25, -0.2) is 0 Å². The number of aryl methyl sites for hydroxylation is 3. The van der Waals surface area contributed by atoms with Gasteiger partial charge in [0.25, 0.3) is 5.56 Å². The van der Waals surface area contributed by atoms with E-state index in [1.807, 2.05) is 98.0 Å². The van der Waals surface area contributed by atoms with Crippen LogP contribution in [0.4, 0.5) is 5.69 Å². The first kappa shape index (κ1) is 23.8. The Kier molecular flexibility index (Phi) is 6.61. The normalized spacial score (nSPS) is 12.2. The van der Waals surface area contributed by atoms with E-state index in [9.17, 15) is 9.59 Å². The van der Waals surface area contributed by atoms with Gasteiger partial charge in [-0.15, -0.1) is 10.2 Å². The number of nitrogens with zero attached hydrogens (tertiary/aromatic N) is 4. The van der Waals surface area contributed by atoms with Crippen molar-refractivity contribution < 1.29 is 4.79 Å². The van der Waals surface area contributed by atoms with Crippen LogP contribution in [0.25, 0.3) is 16.7 Å². The van der Waals surface area contributed by atoms with Crippen LogP contribution in [-0.2, 0) is 11.3 Å². The number of hydrogen-bond acceptors (Lipinski definition) is 5. The highest BCUT2D eigenvalue weighted by molar-refractivity contribution is 8.00. The summed E-state index contributed by atoms with van der Waals surface area (Å²) in [4.78, 5) is 26.8.